The number of aryl methyl sites for hydroxylation is 1. The Morgan fingerprint density at radius 2 is 1.68 bits per heavy atom. The Balaban J connectivity index is 1.96. The van der Waals surface area contributed by atoms with Gasteiger partial charge in [-0.25, -0.2) is 4.39 Å². The van der Waals surface area contributed by atoms with Gasteiger partial charge in [-0.2, -0.15) is 0 Å². The first-order valence-corrected chi connectivity index (χ1v) is 6.80. The Hall–Kier alpha value is -1.38. The molecule has 0 heterocycles. The second-order valence-electron chi connectivity index (χ2n) is 4.46. The Kier molecular flexibility index (Phi) is 4.94. The fraction of sp³-hybridized carbons (Fsp3) is 0.250. The lowest BCUT2D eigenvalue weighted by Gasteiger charge is -2.10. The zero-order valence-electron chi connectivity index (χ0n) is 10.9. The van der Waals surface area contributed by atoms with Crippen LogP contribution in [-0.4, -0.2) is 0 Å². The highest BCUT2D eigenvalue weighted by molar-refractivity contribution is 6.30. The van der Waals surface area contributed by atoms with E-state index in [1.807, 2.05) is 12.1 Å². The second-order valence-corrected chi connectivity index (χ2v) is 4.90. The zero-order chi connectivity index (χ0) is 13.7. The number of hydrogen-bond donors (Lipinski definition) is 1. The predicted octanol–water partition coefficient (Wildman–Crippen LogP) is 4.33. The standard InChI is InChI=1S/C16H17ClFN/c1-2-12-5-3-4-6-13(12)10-19-11-14-7-8-15(17)9-16(14)18/h3-9,19H,2,10-11H2,1H3. The van der Waals surface area contributed by atoms with Crippen molar-refractivity contribution in [3.63, 3.8) is 0 Å². The molecule has 0 unspecified atom stereocenters. The first-order chi connectivity index (χ1) is 9.20. The molecule has 0 aliphatic carbocycles. The predicted molar refractivity (Wildman–Crippen MR) is 77.8 cm³/mol. The molecule has 0 saturated heterocycles. The molecule has 0 aliphatic heterocycles. The Bertz CT molecular complexity index is 554. The molecule has 2 aromatic carbocycles. The SMILES string of the molecule is CCc1ccccc1CNCc1ccc(Cl)cc1F. The highest BCUT2D eigenvalue weighted by Crippen LogP contribution is 2.15. The lowest BCUT2D eigenvalue weighted by Crippen LogP contribution is -2.14. The van der Waals surface area contributed by atoms with Crippen molar-refractivity contribution < 1.29 is 4.39 Å². The minimum atomic E-state index is -0.260. The molecule has 0 aliphatic rings. The van der Waals surface area contributed by atoms with E-state index in [4.69, 9.17) is 11.6 Å². The first kappa shape index (κ1) is 14.0. The summed E-state index contributed by atoms with van der Waals surface area (Å²) in [5.41, 5.74) is 3.23. The van der Waals surface area contributed by atoms with Crippen LogP contribution in [0.25, 0.3) is 0 Å². The average Bonchev–Trinajstić information content (AvgIpc) is 2.42. The maximum Gasteiger partial charge on any atom is 0.129 e. The van der Waals surface area contributed by atoms with Crippen molar-refractivity contribution in [3.05, 3.63) is 70.0 Å². The highest BCUT2D eigenvalue weighted by atomic mass is 35.5. The monoisotopic (exact) mass is 277 g/mol. The number of benzene rings is 2. The molecule has 3 heteroatoms. The van der Waals surface area contributed by atoms with Crippen LogP contribution < -0.4 is 5.32 Å². The molecule has 0 aromatic heterocycles. The fourth-order valence-corrected chi connectivity index (χ4v) is 2.23. The molecule has 0 spiro atoms. The van der Waals surface area contributed by atoms with Gasteiger partial charge in [0, 0.05) is 23.7 Å². The quantitative estimate of drug-likeness (QED) is 0.858. The number of hydrogen-bond acceptors (Lipinski definition) is 1. The molecule has 0 saturated carbocycles. The van der Waals surface area contributed by atoms with Gasteiger partial charge in [0.05, 0.1) is 0 Å². The van der Waals surface area contributed by atoms with Crippen LogP contribution in [0.1, 0.15) is 23.6 Å². The second kappa shape index (κ2) is 6.69. The van der Waals surface area contributed by atoms with E-state index in [0.717, 1.165) is 13.0 Å². The van der Waals surface area contributed by atoms with Crippen LogP contribution in [0.4, 0.5) is 4.39 Å². The Morgan fingerprint density at radius 1 is 1.00 bits per heavy atom. The summed E-state index contributed by atoms with van der Waals surface area (Å²) < 4.78 is 13.6. The fourth-order valence-electron chi connectivity index (χ4n) is 2.07. The molecule has 100 valence electrons. The molecule has 0 amide bonds. The van der Waals surface area contributed by atoms with Gasteiger partial charge >= 0.3 is 0 Å². The number of rotatable bonds is 5. The summed E-state index contributed by atoms with van der Waals surface area (Å²) >= 11 is 5.73. The normalized spacial score (nSPS) is 10.7. The van der Waals surface area contributed by atoms with Crippen molar-refractivity contribution in [1.29, 1.82) is 0 Å². The molecular formula is C16H17ClFN. The van der Waals surface area contributed by atoms with E-state index in [-0.39, 0.29) is 5.82 Å². The van der Waals surface area contributed by atoms with Gasteiger partial charge in [-0.15, -0.1) is 0 Å². The van der Waals surface area contributed by atoms with E-state index >= 15 is 0 Å². The molecular weight excluding hydrogens is 261 g/mol. The van der Waals surface area contributed by atoms with Crippen LogP contribution in [0.15, 0.2) is 42.5 Å². The van der Waals surface area contributed by atoms with Crippen molar-refractivity contribution >= 4 is 11.6 Å². The van der Waals surface area contributed by atoms with Crippen molar-refractivity contribution in [2.24, 2.45) is 0 Å². The lowest BCUT2D eigenvalue weighted by molar-refractivity contribution is 0.587. The van der Waals surface area contributed by atoms with Gasteiger partial charge in [0.15, 0.2) is 0 Å². The Labute approximate surface area is 118 Å². The summed E-state index contributed by atoms with van der Waals surface area (Å²) in [6.07, 6.45) is 1.01. The van der Waals surface area contributed by atoms with Gasteiger partial charge in [-0.1, -0.05) is 48.9 Å². The van der Waals surface area contributed by atoms with Crippen LogP contribution in [0, 0.1) is 5.82 Å². The van der Waals surface area contributed by atoms with Crippen LogP contribution in [0.3, 0.4) is 0 Å². The summed E-state index contributed by atoms with van der Waals surface area (Å²) in [5, 5.41) is 3.70. The molecule has 1 nitrogen and oxygen atoms in total. The topological polar surface area (TPSA) is 12.0 Å². The van der Waals surface area contributed by atoms with Gasteiger partial charge in [0.1, 0.15) is 5.82 Å². The average molecular weight is 278 g/mol. The first-order valence-electron chi connectivity index (χ1n) is 6.42. The van der Waals surface area contributed by atoms with E-state index in [2.05, 4.69) is 24.4 Å². The molecule has 19 heavy (non-hydrogen) atoms. The maximum atomic E-state index is 13.6. The Morgan fingerprint density at radius 3 is 2.37 bits per heavy atom. The number of halogens is 2. The minimum absolute atomic E-state index is 0.260. The summed E-state index contributed by atoms with van der Waals surface area (Å²) in [6, 6.07) is 13.1. The third kappa shape index (κ3) is 3.79. The third-order valence-electron chi connectivity index (χ3n) is 3.15. The van der Waals surface area contributed by atoms with E-state index in [1.165, 1.54) is 17.2 Å². The lowest BCUT2D eigenvalue weighted by atomic mass is 10.1. The molecule has 2 aromatic rings. The van der Waals surface area contributed by atoms with Gasteiger partial charge in [-0.05, 0) is 29.7 Å². The van der Waals surface area contributed by atoms with Gasteiger partial charge in [0.2, 0.25) is 0 Å². The smallest absolute Gasteiger partial charge is 0.129 e. The highest BCUT2D eigenvalue weighted by Gasteiger charge is 2.03. The summed E-state index contributed by atoms with van der Waals surface area (Å²) in [5.74, 6) is -0.260. The van der Waals surface area contributed by atoms with Crippen molar-refractivity contribution in [1.82, 2.24) is 5.32 Å². The molecule has 2 rings (SSSR count). The van der Waals surface area contributed by atoms with Crippen molar-refractivity contribution in [2.75, 3.05) is 0 Å². The number of nitrogens with one attached hydrogen (secondary N) is 1. The van der Waals surface area contributed by atoms with E-state index < -0.39 is 0 Å². The molecule has 0 radical (unpaired) electrons. The molecule has 0 bridgehead atoms. The summed E-state index contributed by atoms with van der Waals surface area (Å²) in [7, 11) is 0. The summed E-state index contributed by atoms with van der Waals surface area (Å²) in [4.78, 5) is 0. The van der Waals surface area contributed by atoms with E-state index in [9.17, 15) is 4.39 Å². The van der Waals surface area contributed by atoms with Crippen molar-refractivity contribution in [3.8, 4) is 0 Å². The molecule has 0 atom stereocenters. The van der Waals surface area contributed by atoms with Crippen LogP contribution in [0.5, 0.6) is 0 Å². The zero-order valence-corrected chi connectivity index (χ0v) is 11.7. The minimum Gasteiger partial charge on any atom is -0.309 e. The molecule has 1 N–H and O–H groups in total. The van der Waals surface area contributed by atoms with E-state index in [0.29, 0.717) is 17.1 Å². The van der Waals surface area contributed by atoms with Gasteiger partial charge in [-0.3, -0.25) is 0 Å². The van der Waals surface area contributed by atoms with Crippen molar-refractivity contribution in [2.45, 2.75) is 26.4 Å². The maximum absolute atomic E-state index is 13.6. The van der Waals surface area contributed by atoms with Crippen LogP contribution in [-0.2, 0) is 19.5 Å². The van der Waals surface area contributed by atoms with Gasteiger partial charge in [0.25, 0.3) is 0 Å². The van der Waals surface area contributed by atoms with Gasteiger partial charge < -0.3 is 5.32 Å². The third-order valence-corrected chi connectivity index (χ3v) is 3.38. The largest absolute Gasteiger partial charge is 0.309 e. The summed E-state index contributed by atoms with van der Waals surface area (Å²) in [6.45, 7) is 3.38. The van der Waals surface area contributed by atoms with Crippen LogP contribution >= 0.6 is 11.6 Å². The van der Waals surface area contributed by atoms with Crippen LogP contribution in [0.2, 0.25) is 5.02 Å². The molecule has 0 fully saturated rings. The van der Waals surface area contributed by atoms with E-state index in [1.54, 1.807) is 12.1 Å².